The summed E-state index contributed by atoms with van der Waals surface area (Å²) >= 11 is 11.9. The van der Waals surface area contributed by atoms with Crippen LogP contribution in [0.3, 0.4) is 0 Å². The minimum atomic E-state index is -0.809. The van der Waals surface area contributed by atoms with Crippen molar-refractivity contribution in [2.45, 2.75) is 26.4 Å². The fourth-order valence-corrected chi connectivity index (χ4v) is 2.99. The van der Waals surface area contributed by atoms with Crippen LogP contribution < -0.4 is 10.1 Å². The summed E-state index contributed by atoms with van der Waals surface area (Å²) in [7, 11) is 0. The van der Waals surface area contributed by atoms with E-state index in [-0.39, 0.29) is 29.8 Å². The summed E-state index contributed by atoms with van der Waals surface area (Å²) in [5, 5.41) is 3.37. The Balaban J connectivity index is 2.18. The average Bonchev–Trinajstić information content (AvgIpc) is 2.66. The molecule has 0 spiro atoms. The molecule has 0 aliphatic heterocycles. The number of hydrogen-bond acceptors (Lipinski definition) is 3. The number of nitrogens with zero attached hydrogens (tertiary/aromatic N) is 1. The highest BCUT2D eigenvalue weighted by Gasteiger charge is 2.27. The van der Waals surface area contributed by atoms with Gasteiger partial charge in [-0.1, -0.05) is 41.4 Å². The summed E-state index contributed by atoms with van der Waals surface area (Å²) in [6.07, 6.45) is 0. The molecule has 0 aromatic heterocycles. The van der Waals surface area contributed by atoms with Gasteiger partial charge in [-0.05, 0) is 38.1 Å². The van der Waals surface area contributed by atoms with E-state index < -0.39 is 17.8 Å². The molecule has 8 heteroatoms. The van der Waals surface area contributed by atoms with Crippen LogP contribution in [0.2, 0.25) is 10.0 Å². The number of carbonyl (C=O) groups excluding carboxylic acids is 2. The van der Waals surface area contributed by atoms with Crippen LogP contribution in [0.1, 0.15) is 19.4 Å². The lowest BCUT2D eigenvalue weighted by atomic mass is 10.1. The Morgan fingerprint density at radius 2 is 1.93 bits per heavy atom. The van der Waals surface area contributed by atoms with Gasteiger partial charge in [0.2, 0.25) is 5.91 Å². The Kier molecular flexibility index (Phi) is 8.08. The second kappa shape index (κ2) is 10.3. The summed E-state index contributed by atoms with van der Waals surface area (Å²) < 4.78 is 19.6. The van der Waals surface area contributed by atoms with Gasteiger partial charge >= 0.3 is 0 Å². The maximum absolute atomic E-state index is 14.1. The number of ether oxygens (including phenoxy) is 1. The molecule has 1 atom stereocenters. The summed E-state index contributed by atoms with van der Waals surface area (Å²) in [5.41, 5.74) is 0.302. The van der Waals surface area contributed by atoms with Crippen molar-refractivity contribution in [1.29, 1.82) is 0 Å². The summed E-state index contributed by atoms with van der Waals surface area (Å²) in [4.78, 5) is 26.3. The summed E-state index contributed by atoms with van der Waals surface area (Å²) in [6.45, 7) is 3.35. The first-order valence-electron chi connectivity index (χ1n) is 8.72. The summed E-state index contributed by atoms with van der Waals surface area (Å²) in [6, 6.07) is 9.92. The van der Waals surface area contributed by atoms with Gasteiger partial charge in [-0.3, -0.25) is 9.59 Å². The lowest BCUT2D eigenvalue weighted by Crippen LogP contribution is -2.49. The molecular weight excluding hydrogens is 406 g/mol. The third kappa shape index (κ3) is 5.84. The molecule has 28 heavy (non-hydrogen) atoms. The van der Waals surface area contributed by atoms with Gasteiger partial charge < -0.3 is 15.0 Å². The van der Waals surface area contributed by atoms with E-state index in [9.17, 15) is 14.0 Å². The van der Waals surface area contributed by atoms with E-state index in [1.165, 1.54) is 17.0 Å². The second-order valence-electron chi connectivity index (χ2n) is 6.05. The van der Waals surface area contributed by atoms with Crippen molar-refractivity contribution in [2.75, 3.05) is 13.2 Å². The highest BCUT2D eigenvalue weighted by molar-refractivity contribution is 6.35. The molecule has 2 aromatic carbocycles. The number of likely N-dealkylation sites (N-methyl/N-ethyl adjacent to an activating group) is 1. The third-order valence-corrected chi connectivity index (χ3v) is 4.59. The first-order valence-corrected chi connectivity index (χ1v) is 9.47. The highest BCUT2D eigenvalue weighted by atomic mass is 35.5. The van der Waals surface area contributed by atoms with Crippen molar-refractivity contribution in [3.63, 3.8) is 0 Å². The van der Waals surface area contributed by atoms with E-state index in [0.717, 1.165) is 0 Å². The molecule has 2 amide bonds. The molecule has 0 aliphatic rings. The normalized spacial score (nSPS) is 11.6. The van der Waals surface area contributed by atoms with Crippen LogP contribution in [0, 0.1) is 5.82 Å². The van der Waals surface area contributed by atoms with Crippen molar-refractivity contribution in [3.05, 3.63) is 63.9 Å². The van der Waals surface area contributed by atoms with Crippen molar-refractivity contribution >= 4 is 35.0 Å². The first kappa shape index (κ1) is 22.0. The molecule has 1 N–H and O–H groups in total. The molecule has 2 aromatic rings. The van der Waals surface area contributed by atoms with Gasteiger partial charge in [0.25, 0.3) is 5.91 Å². The Morgan fingerprint density at radius 1 is 1.21 bits per heavy atom. The first-order chi connectivity index (χ1) is 13.3. The maximum atomic E-state index is 14.1. The molecule has 2 rings (SSSR count). The molecule has 0 bridgehead atoms. The monoisotopic (exact) mass is 426 g/mol. The second-order valence-corrected chi connectivity index (χ2v) is 6.89. The number of nitrogens with one attached hydrogen (secondary N) is 1. The lowest BCUT2D eigenvalue weighted by molar-refractivity contribution is -0.142. The van der Waals surface area contributed by atoms with Crippen LogP contribution in [-0.4, -0.2) is 35.9 Å². The van der Waals surface area contributed by atoms with Gasteiger partial charge in [-0.25, -0.2) is 4.39 Å². The number of halogens is 3. The van der Waals surface area contributed by atoms with Crippen LogP contribution in [0.15, 0.2) is 42.5 Å². The van der Waals surface area contributed by atoms with E-state index in [1.54, 1.807) is 44.2 Å². The zero-order valence-electron chi connectivity index (χ0n) is 15.5. The highest BCUT2D eigenvalue weighted by Crippen LogP contribution is 2.27. The maximum Gasteiger partial charge on any atom is 0.261 e. The van der Waals surface area contributed by atoms with Crippen LogP contribution >= 0.6 is 23.2 Å². The Labute approximate surface area is 173 Å². The predicted octanol–water partition coefficient (Wildman–Crippen LogP) is 4.06. The number of carbonyl (C=O) groups is 2. The largest absolute Gasteiger partial charge is 0.482 e. The number of rotatable bonds is 8. The zero-order valence-corrected chi connectivity index (χ0v) is 17.1. The fraction of sp³-hybridized carbons (Fsp3) is 0.300. The SMILES string of the molecule is CCNC(=O)C(C)N(Cc1ccccc1F)C(=O)COc1ccc(Cl)cc1Cl. The molecular formula is C20H21Cl2FN2O3. The van der Waals surface area contributed by atoms with Crippen molar-refractivity contribution in [1.82, 2.24) is 10.2 Å². The van der Waals surface area contributed by atoms with Gasteiger partial charge in [0.05, 0.1) is 5.02 Å². The molecule has 150 valence electrons. The minimum Gasteiger partial charge on any atom is -0.482 e. The quantitative estimate of drug-likeness (QED) is 0.691. The van der Waals surface area contributed by atoms with Gasteiger partial charge in [-0.15, -0.1) is 0 Å². The average molecular weight is 427 g/mol. The van der Waals surface area contributed by atoms with Crippen molar-refractivity contribution in [3.8, 4) is 5.75 Å². The standard InChI is InChI=1S/C20H21Cl2FN2O3/c1-3-24-20(27)13(2)25(11-14-6-4-5-7-17(14)23)19(26)12-28-18-9-8-15(21)10-16(18)22/h4-10,13H,3,11-12H2,1-2H3,(H,24,27). The molecule has 0 saturated carbocycles. The number of benzene rings is 2. The molecule has 5 nitrogen and oxygen atoms in total. The van der Waals surface area contributed by atoms with E-state index in [0.29, 0.717) is 17.1 Å². The molecule has 0 heterocycles. The Bertz CT molecular complexity index is 848. The summed E-state index contributed by atoms with van der Waals surface area (Å²) in [5.74, 6) is -0.981. The van der Waals surface area contributed by atoms with Gasteiger partial charge in [0.1, 0.15) is 17.6 Å². The molecule has 0 saturated heterocycles. The smallest absolute Gasteiger partial charge is 0.261 e. The Hall–Kier alpha value is -2.31. The number of amides is 2. The minimum absolute atomic E-state index is 0.0679. The Morgan fingerprint density at radius 3 is 2.57 bits per heavy atom. The molecule has 0 radical (unpaired) electrons. The van der Waals surface area contributed by atoms with Crippen molar-refractivity contribution < 1.29 is 18.7 Å². The number of hydrogen-bond donors (Lipinski definition) is 1. The van der Waals surface area contributed by atoms with E-state index in [2.05, 4.69) is 5.32 Å². The zero-order chi connectivity index (χ0) is 20.7. The van der Waals surface area contributed by atoms with Crippen LogP contribution in [0.4, 0.5) is 4.39 Å². The molecule has 1 unspecified atom stereocenters. The van der Waals surface area contributed by atoms with E-state index in [1.807, 2.05) is 0 Å². The third-order valence-electron chi connectivity index (χ3n) is 4.06. The lowest BCUT2D eigenvalue weighted by Gasteiger charge is -2.28. The van der Waals surface area contributed by atoms with E-state index >= 15 is 0 Å². The van der Waals surface area contributed by atoms with Gasteiger partial charge in [0, 0.05) is 23.7 Å². The van der Waals surface area contributed by atoms with Gasteiger partial charge in [-0.2, -0.15) is 0 Å². The van der Waals surface area contributed by atoms with Crippen molar-refractivity contribution in [2.24, 2.45) is 0 Å². The van der Waals surface area contributed by atoms with Gasteiger partial charge in [0.15, 0.2) is 6.61 Å². The molecule has 0 fully saturated rings. The fourth-order valence-electron chi connectivity index (χ4n) is 2.53. The van der Waals surface area contributed by atoms with Crippen LogP contribution in [0.25, 0.3) is 0 Å². The van der Waals surface area contributed by atoms with E-state index in [4.69, 9.17) is 27.9 Å². The van der Waals surface area contributed by atoms with Crippen LogP contribution in [-0.2, 0) is 16.1 Å². The topological polar surface area (TPSA) is 58.6 Å². The predicted molar refractivity (Wildman–Crippen MR) is 107 cm³/mol. The molecule has 0 aliphatic carbocycles. The van der Waals surface area contributed by atoms with Crippen LogP contribution in [0.5, 0.6) is 5.75 Å².